The third kappa shape index (κ3) is 4.71. The van der Waals surface area contributed by atoms with Gasteiger partial charge in [0, 0.05) is 22.3 Å². The van der Waals surface area contributed by atoms with Crippen LogP contribution in [0, 0.1) is 0 Å². The summed E-state index contributed by atoms with van der Waals surface area (Å²) >= 11 is 3.37. The molecule has 0 aromatic heterocycles. The molecule has 30 heavy (non-hydrogen) atoms. The molecule has 0 aliphatic carbocycles. The van der Waals surface area contributed by atoms with E-state index in [4.69, 9.17) is 4.74 Å². The molecule has 0 saturated heterocycles. The molecule has 0 atom stereocenters. The minimum atomic E-state index is -0.207. The van der Waals surface area contributed by atoms with Gasteiger partial charge in [-0.3, -0.25) is 9.59 Å². The Kier molecular flexibility index (Phi) is 6.14. The summed E-state index contributed by atoms with van der Waals surface area (Å²) in [4.78, 5) is 26.8. The Morgan fingerprint density at radius 2 is 1.80 bits per heavy atom. The zero-order chi connectivity index (χ0) is 20.9. The Labute approximate surface area is 183 Å². The first kappa shape index (κ1) is 20.2. The van der Waals surface area contributed by atoms with Crippen LogP contribution in [0.15, 0.2) is 77.3 Å². The van der Waals surface area contributed by atoms with E-state index >= 15 is 0 Å². The summed E-state index contributed by atoms with van der Waals surface area (Å²) in [5.41, 5.74) is 3.11. The third-order valence-electron chi connectivity index (χ3n) is 4.96. The first-order valence-corrected chi connectivity index (χ1v) is 10.6. The number of halogens is 1. The lowest BCUT2D eigenvalue weighted by atomic mass is 10.1. The predicted octanol–water partition coefficient (Wildman–Crippen LogP) is 5.06. The zero-order valence-electron chi connectivity index (χ0n) is 16.3. The molecule has 6 heteroatoms. The van der Waals surface area contributed by atoms with Crippen LogP contribution in [0.3, 0.4) is 0 Å². The lowest BCUT2D eigenvalue weighted by Gasteiger charge is -2.30. The highest BCUT2D eigenvalue weighted by molar-refractivity contribution is 9.10. The summed E-state index contributed by atoms with van der Waals surface area (Å²) in [5, 5.41) is 2.90. The van der Waals surface area contributed by atoms with Crippen LogP contribution in [0.25, 0.3) is 0 Å². The van der Waals surface area contributed by atoms with Crippen molar-refractivity contribution in [2.24, 2.45) is 0 Å². The quantitative estimate of drug-likeness (QED) is 0.554. The Bertz CT molecular complexity index is 1050. The molecule has 0 fully saturated rings. The van der Waals surface area contributed by atoms with E-state index in [1.807, 2.05) is 30.3 Å². The number of carbonyl (C=O) groups is 2. The molecule has 3 aromatic carbocycles. The van der Waals surface area contributed by atoms with Gasteiger partial charge in [-0.1, -0.05) is 46.3 Å². The number of benzene rings is 3. The van der Waals surface area contributed by atoms with Crippen LogP contribution in [0.1, 0.15) is 22.3 Å². The highest BCUT2D eigenvalue weighted by atomic mass is 79.9. The van der Waals surface area contributed by atoms with Gasteiger partial charge in [0.25, 0.3) is 11.8 Å². The SMILES string of the molecule is O=C(Nc1ccc2c(c1)N(CCCc1ccccc1)C(=O)CO2)c1ccc(Br)cc1. The predicted molar refractivity (Wildman–Crippen MR) is 121 cm³/mol. The van der Waals surface area contributed by atoms with Crippen LogP contribution in [0.2, 0.25) is 0 Å². The van der Waals surface area contributed by atoms with Crippen molar-refractivity contribution in [1.29, 1.82) is 0 Å². The summed E-state index contributed by atoms with van der Waals surface area (Å²) in [6, 6.07) is 22.7. The van der Waals surface area contributed by atoms with Crippen molar-refractivity contribution in [2.45, 2.75) is 12.8 Å². The van der Waals surface area contributed by atoms with Crippen molar-refractivity contribution in [3.63, 3.8) is 0 Å². The number of aryl methyl sites for hydroxylation is 1. The number of anilines is 2. The van der Waals surface area contributed by atoms with Gasteiger partial charge in [-0.05, 0) is 60.9 Å². The van der Waals surface area contributed by atoms with Crippen molar-refractivity contribution < 1.29 is 14.3 Å². The minimum Gasteiger partial charge on any atom is -0.482 e. The second-order valence-electron chi connectivity index (χ2n) is 7.07. The van der Waals surface area contributed by atoms with Crippen molar-refractivity contribution >= 4 is 39.1 Å². The number of nitrogens with zero attached hydrogens (tertiary/aromatic N) is 1. The van der Waals surface area contributed by atoms with E-state index in [-0.39, 0.29) is 18.4 Å². The molecule has 1 heterocycles. The van der Waals surface area contributed by atoms with Gasteiger partial charge in [0.1, 0.15) is 5.75 Å². The standard InChI is InChI=1S/C24H21BrN2O3/c25-19-10-8-18(9-11-19)24(29)26-20-12-13-22-21(15-20)27(23(28)16-30-22)14-4-7-17-5-2-1-3-6-17/h1-3,5-6,8-13,15H,4,7,14,16H2,(H,26,29). The van der Waals surface area contributed by atoms with Crippen molar-refractivity contribution in [2.75, 3.05) is 23.4 Å². The number of hydrogen-bond acceptors (Lipinski definition) is 3. The highest BCUT2D eigenvalue weighted by Gasteiger charge is 2.25. The molecule has 0 spiro atoms. The van der Waals surface area contributed by atoms with E-state index in [1.165, 1.54) is 5.56 Å². The van der Waals surface area contributed by atoms with Crippen molar-refractivity contribution in [3.05, 3.63) is 88.4 Å². The molecule has 1 aliphatic heterocycles. The number of hydrogen-bond donors (Lipinski definition) is 1. The molecule has 1 aliphatic rings. The molecule has 0 radical (unpaired) electrons. The smallest absolute Gasteiger partial charge is 0.265 e. The average Bonchev–Trinajstić information content (AvgIpc) is 2.76. The second-order valence-corrected chi connectivity index (χ2v) is 7.98. The number of carbonyl (C=O) groups excluding carboxylic acids is 2. The van der Waals surface area contributed by atoms with Crippen molar-refractivity contribution in [3.8, 4) is 5.75 Å². The number of rotatable bonds is 6. The van der Waals surface area contributed by atoms with Gasteiger partial charge in [-0.15, -0.1) is 0 Å². The topological polar surface area (TPSA) is 58.6 Å². The first-order chi connectivity index (χ1) is 14.6. The van der Waals surface area contributed by atoms with Gasteiger partial charge >= 0.3 is 0 Å². The van der Waals surface area contributed by atoms with E-state index in [1.54, 1.807) is 35.2 Å². The second kappa shape index (κ2) is 9.13. The van der Waals surface area contributed by atoms with E-state index in [0.29, 0.717) is 29.2 Å². The summed E-state index contributed by atoms with van der Waals surface area (Å²) in [6.45, 7) is 0.622. The Balaban J connectivity index is 1.48. The normalized spacial score (nSPS) is 12.8. The van der Waals surface area contributed by atoms with Crippen LogP contribution in [-0.2, 0) is 11.2 Å². The van der Waals surface area contributed by atoms with Gasteiger partial charge in [0.2, 0.25) is 0 Å². The summed E-state index contributed by atoms with van der Waals surface area (Å²) < 4.78 is 6.49. The molecule has 4 rings (SSSR count). The van der Waals surface area contributed by atoms with Crippen LogP contribution < -0.4 is 15.0 Å². The Morgan fingerprint density at radius 3 is 2.57 bits per heavy atom. The monoisotopic (exact) mass is 464 g/mol. The van der Waals surface area contributed by atoms with Crippen LogP contribution in [0.4, 0.5) is 11.4 Å². The molecular formula is C24H21BrN2O3. The molecule has 5 nitrogen and oxygen atoms in total. The fraction of sp³-hybridized carbons (Fsp3) is 0.167. The fourth-order valence-electron chi connectivity index (χ4n) is 3.42. The number of nitrogens with one attached hydrogen (secondary N) is 1. The van der Waals surface area contributed by atoms with Crippen molar-refractivity contribution in [1.82, 2.24) is 0 Å². The summed E-state index contributed by atoms with van der Waals surface area (Å²) in [5.74, 6) is 0.365. The lowest BCUT2D eigenvalue weighted by molar-refractivity contribution is -0.121. The van der Waals surface area contributed by atoms with Gasteiger partial charge in [-0.25, -0.2) is 0 Å². The number of amides is 2. The van der Waals surface area contributed by atoms with Gasteiger partial charge in [0.15, 0.2) is 6.61 Å². The largest absolute Gasteiger partial charge is 0.482 e. The maximum absolute atomic E-state index is 12.5. The molecule has 1 N–H and O–H groups in total. The van der Waals surface area contributed by atoms with Crippen LogP contribution in [-0.4, -0.2) is 25.0 Å². The van der Waals surface area contributed by atoms with Gasteiger partial charge in [0.05, 0.1) is 5.69 Å². The van der Waals surface area contributed by atoms with Gasteiger partial charge in [-0.2, -0.15) is 0 Å². The third-order valence-corrected chi connectivity index (χ3v) is 5.48. The fourth-order valence-corrected chi connectivity index (χ4v) is 3.68. The summed E-state index contributed by atoms with van der Waals surface area (Å²) in [7, 11) is 0. The average molecular weight is 465 g/mol. The van der Waals surface area contributed by atoms with Crippen LogP contribution in [0.5, 0.6) is 5.75 Å². The lowest BCUT2D eigenvalue weighted by Crippen LogP contribution is -2.39. The molecular weight excluding hydrogens is 444 g/mol. The number of fused-ring (bicyclic) bond motifs is 1. The van der Waals surface area contributed by atoms with E-state index in [9.17, 15) is 9.59 Å². The molecule has 0 unspecified atom stereocenters. The molecule has 3 aromatic rings. The van der Waals surface area contributed by atoms with E-state index in [0.717, 1.165) is 17.3 Å². The maximum atomic E-state index is 12.5. The number of ether oxygens (including phenoxy) is 1. The molecule has 0 bridgehead atoms. The Morgan fingerprint density at radius 1 is 1.03 bits per heavy atom. The molecule has 152 valence electrons. The first-order valence-electron chi connectivity index (χ1n) is 9.78. The highest BCUT2D eigenvalue weighted by Crippen LogP contribution is 2.35. The van der Waals surface area contributed by atoms with Crippen LogP contribution >= 0.6 is 15.9 Å². The molecule has 2 amide bonds. The van der Waals surface area contributed by atoms with E-state index in [2.05, 4.69) is 33.4 Å². The Hall–Kier alpha value is -3.12. The summed E-state index contributed by atoms with van der Waals surface area (Å²) in [6.07, 6.45) is 1.73. The zero-order valence-corrected chi connectivity index (χ0v) is 17.9. The minimum absolute atomic E-state index is 0.0307. The maximum Gasteiger partial charge on any atom is 0.265 e. The van der Waals surface area contributed by atoms with Gasteiger partial charge < -0.3 is 15.0 Å². The van der Waals surface area contributed by atoms with E-state index < -0.39 is 0 Å². The molecule has 0 saturated carbocycles.